The lowest BCUT2D eigenvalue weighted by molar-refractivity contribution is -0.123. The van der Waals surface area contributed by atoms with Gasteiger partial charge in [0.2, 0.25) is 11.8 Å². The molecule has 1 rings (SSSR count). The highest BCUT2D eigenvalue weighted by molar-refractivity contribution is 5.97. The molecule has 0 saturated carbocycles. The number of nitrogens with zero attached hydrogens (tertiary/aromatic N) is 1. The SMILES string of the molecule is CC(=O)N(CC(=O)NCC(C)C)c1ccc(C(C)(C)C)cc1. The maximum Gasteiger partial charge on any atom is 0.240 e. The summed E-state index contributed by atoms with van der Waals surface area (Å²) in [4.78, 5) is 25.3. The topological polar surface area (TPSA) is 49.4 Å². The molecule has 0 bridgehead atoms. The van der Waals surface area contributed by atoms with Crippen LogP contribution in [0.1, 0.15) is 47.1 Å². The van der Waals surface area contributed by atoms with Gasteiger partial charge in [0, 0.05) is 19.2 Å². The minimum atomic E-state index is -0.136. The van der Waals surface area contributed by atoms with Crippen LogP contribution >= 0.6 is 0 Å². The highest BCUT2D eigenvalue weighted by Gasteiger charge is 2.18. The van der Waals surface area contributed by atoms with Crippen LogP contribution in [-0.4, -0.2) is 24.9 Å². The van der Waals surface area contributed by atoms with Crippen molar-refractivity contribution in [2.24, 2.45) is 5.92 Å². The van der Waals surface area contributed by atoms with E-state index in [9.17, 15) is 9.59 Å². The summed E-state index contributed by atoms with van der Waals surface area (Å²) in [6, 6.07) is 7.82. The third-order valence-corrected chi connectivity index (χ3v) is 3.43. The van der Waals surface area contributed by atoms with E-state index in [-0.39, 0.29) is 23.8 Å². The Labute approximate surface area is 133 Å². The molecule has 22 heavy (non-hydrogen) atoms. The highest BCUT2D eigenvalue weighted by atomic mass is 16.2. The van der Waals surface area contributed by atoms with Crippen LogP contribution in [0, 0.1) is 5.92 Å². The van der Waals surface area contributed by atoms with E-state index in [0.29, 0.717) is 12.5 Å². The Morgan fingerprint density at radius 3 is 2.09 bits per heavy atom. The Kier molecular flexibility index (Phi) is 6.15. The number of carbonyl (C=O) groups excluding carboxylic acids is 2. The van der Waals surface area contributed by atoms with Gasteiger partial charge in [-0.25, -0.2) is 0 Å². The van der Waals surface area contributed by atoms with Crippen LogP contribution in [0.5, 0.6) is 0 Å². The van der Waals surface area contributed by atoms with Crippen LogP contribution in [0.2, 0.25) is 0 Å². The van der Waals surface area contributed by atoms with E-state index in [4.69, 9.17) is 0 Å². The van der Waals surface area contributed by atoms with Crippen molar-refractivity contribution in [3.05, 3.63) is 29.8 Å². The number of benzene rings is 1. The van der Waals surface area contributed by atoms with Gasteiger partial charge >= 0.3 is 0 Å². The number of anilines is 1. The van der Waals surface area contributed by atoms with Crippen molar-refractivity contribution in [2.75, 3.05) is 18.0 Å². The summed E-state index contributed by atoms with van der Waals surface area (Å²) in [5, 5.41) is 2.84. The summed E-state index contributed by atoms with van der Waals surface area (Å²) in [7, 11) is 0. The summed E-state index contributed by atoms with van der Waals surface area (Å²) in [5.41, 5.74) is 2.01. The lowest BCUT2D eigenvalue weighted by Crippen LogP contribution is -2.40. The van der Waals surface area contributed by atoms with E-state index in [1.54, 1.807) is 0 Å². The summed E-state index contributed by atoms with van der Waals surface area (Å²) in [5.74, 6) is 0.118. The van der Waals surface area contributed by atoms with E-state index in [2.05, 4.69) is 26.1 Å². The van der Waals surface area contributed by atoms with E-state index < -0.39 is 0 Å². The van der Waals surface area contributed by atoms with Crippen molar-refractivity contribution >= 4 is 17.5 Å². The molecule has 0 fully saturated rings. The molecule has 0 aliphatic heterocycles. The van der Waals surface area contributed by atoms with E-state index in [1.165, 1.54) is 17.4 Å². The van der Waals surface area contributed by atoms with Crippen molar-refractivity contribution < 1.29 is 9.59 Å². The fourth-order valence-corrected chi connectivity index (χ4v) is 2.04. The van der Waals surface area contributed by atoms with Gasteiger partial charge in [-0.05, 0) is 29.0 Å². The van der Waals surface area contributed by atoms with Gasteiger partial charge in [0.15, 0.2) is 0 Å². The van der Waals surface area contributed by atoms with E-state index in [0.717, 1.165) is 5.69 Å². The summed E-state index contributed by atoms with van der Waals surface area (Å²) in [6.45, 7) is 12.7. The molecule has 122 valence electrons. The number of amides is 2. The van der Waals surface area contributed by atoms with Crippen LogP contribution in [0.3, 0.4) is 0 Å². The monoisotopic (exact) mass is 304 g/mol. The minimum absolute atomic E-state index is 0.0525. The molecule has 1 aromatic carbocycles. The average Bonchev–Trinajstić information content (AvgIpc) is 2.41. The Balaban J connectivity index is 2.83. The Morgan fingerprint density at radius 1 is 1.14 bits per heavy atom. The van der Waals surface area contributed by atoms with Crippen LogP contribution in [0.25, 0.3) is 0 Å². The van der Waals surface area contributed by atoms with Crippen LogP contribution < -0.4 is 10.2 Å². The second-order valence-electron chi connectivity index (χ2n) is 7.10. The van der Waals surface area contributed by atoms with Crippen molar-refractivity contribution in [1.82, 2.24) is 5.32 Å². The molecule has 0 spiro atoms. The second-order valence-corrected chi connectivity index (χ2v) is 7.10. The highest BCUT2D eigenvalue weighted by Crippen LogP contribution is 2.25. The van der Waals surface area contributed by atoms with Crippen LogP contribution in [0.15, 0.2) is 24.3 Å². The molecule has 0 aromatic heterocycles. The lowest BCUT2D eigenvalue weighted by Gasteiger charge is -2.23. The van der Waals surface area contributed by atoms with Crippen molar-refractivity contribution in [2.45, 2.75) is 47.0 Å². The number of carbonyl (C=O) groups is 2. The molecule has 0 radical (unpaired) electrons. The molecule has 0 unspecified atom stereocenters. The van der Waals surface area contributed by atoms with Crippen molar-refractivity contribution in [3.63, 3.8) is 0 Å². The van der Waals surface area contributed by atoms with E-state index >= 15 is 0 Å². The number of rotatable bonds is 5. The fourth-order valence-electron chi connectivity index (χ4n) is 2.04. The smallest absolute Gasteiger partial charge is 0.240 e. The predicted molar refractivity (Wildman–Crippen MR) is 91.0 cm³/mol. The van der Waals surface area contributed by atoms with Gasteiger partial charge in [-0.3, -0.25) is 9.59 Å². The van der Waals surface area contributed by atoms with Gasteiger partial charge in [0.1, 0.15) is 6.54 Å². The second kappa shape index (κ2) is 7.43. The first-order valence-corrected chi connectivity index (χ1v) is 7.76. The molecule has 4 heteroatoms. The molecule has 0 heterocycles. The first-order chi connectivity index (χ1) is 10.1. The Morgan fingerprint density at radius 2 is 1.68 bits per heavy atom. The summed E-state index contributed by atoms with van der Waals surface area (Å²) in [6.07, 6.45) is 0. The molecule has 0 atom stereocenters. The Bertz CT molecular complexity index is 513. The Hall–Kier alpha value is -1.84. The third kappa shape index (κ3) is 5.51. The first kappa shape index (κ1) is 18.2. The molecular weight excluding hydrogens is 276 g/mol. The van der Waals surface area contributed by atoms with Crippen LogP contribution in [0.4, 0.5) is 5.69 Å². The normalized spacial score (nSPS) is 11.4. The summed E-state index contributed by atoms with van der Waals surface area (Å²) < 4.78 is 0. The van der Waals surface area contributed by atoms with Gasteiger partial charge in [-0.2, -0.15) is 0 Å². The standard InChI is InChI=1S/C18H28N2O2/c1-13(2)11-19-17(22)12-20(14(3)21)16-9-7-15(8-10-16)18(4,5)6/h7-10,13H,11-12H2,1-6H3,(H,19,22). The minimum Gasteiger partial charge on any atom is -0.354 e. The maximum atomic E-state index is 12.0. The van der Waals surface area contributed by atoms with Crippen LogP contribution in [-0.2, 0) is 15.0 Å². The predicted octanol–water partition coefficient (Wildman–Crippen LogP) is 3.11. The third-order valence-electron chi connectivity index (χ3n) is 3.43. The number of hydrogen-bond donors (Lipinski definition) is 1. The van der Waals surface area contributed by atoms with Gasteiger partial charge < -0.3 is 10.2 Å². The molecule has 0 saturated heterocycles. The zero-order valence-electron chi connectivity index (χ0n) is 14.6. The molecular formula is C18H28N2O2. The molecule has 1 N–H and O–H groups in total. The molecule has 2 amide bonds. The molecule has 0 aliphatic rings. The van der Waals surface area contributed by atoms with Gasteiger partial charge in [-0.1, -0.05) is 46.8 Å². The first-order valence-electron chi connectivity index (χ1n) is 7.76. The molecule has 4 nitrogen and oxygen atoms in total. The van der Waals surface area contributed by atoms with Gasteiger partial charge in [0.25, 0.3) is 0 Å². The molecule has 0 aliphatic carbocycles. The van der Waals surface area contributed by atoms with Crippen molar-refractivity contribution in [1.29, 1.82) is 0 Å². The lowest BCUT2D eigenvalue weighted by atomic mass is 9.87. The maximum absolute atomic E-state index is 12.0. The van der Waals surface area contributed by atoms with E-state index in [1.807, 2.05) is 38.1 Å². The zero-order chi connectivity index (χ0) is 16.9. The van der Waals surface area contributed by atoms with Gasteiger partial charge in [-0.15, -0.1) is 0 Å². The van der Waals surface area contributed by atoms with Gasteiger partial charge in [0.05, 0.1) is 0 Å². The fraction of sp³-hybridized carbons (Fsp3) is 0.556. The zero-order valence-corrected chi connectivity index (χ0v) is 14.6. The largest absolute Gasteiger partial charge is 0.354 e. The number of nitrogens with one attached hydrogen (secondary N) is 1. The van der Waals surface area contributed by atoms with Crippen molar-refractivity contribution in [3.8, 4) is 0 Å². The quantitative estimate of drug-likeness (QED) is 0.908. The number of hydrogen-bond acceptors (Lipinski definition) is 2. The summed E-state index contributed by atoms with van der Waals surface area (Å²) >= 11 is 0. The average molecular weight is 304 g/mol. The molecule has 1 aromatic rings.